The molecule has 0 aromatic carbocycles. The zero-order valence-electron chi connectivity index (χ0n) is 4.72. The Balaban J connectivity index is 2.14. The molecule has 1 aliphatic rings. The van der Waals surface area contributed by atoms with Gasteiger partial charge in [-0.1, -0.05) is 0 Å². The van der Waals surface area contributed by atoms with Crippen molar-refractivity contribution in [3.63, 3.8) is 0 Å². The van der Waals surface area contributed by atoms with Gasteiger partial charge in [0.25, 0.3) is 0 Å². The van der Waals surface area contributed by atoms with Gasteiger partial charge in [-0.05, 0) is 0 Å². The lowest BCUT2D eigenvalue weighted by Gasteiger charge is -1.98. The average Bonchev–Trinajstić information content (AvgIpc) is 2.17. The highest BCUT2D eigenvalue weighted by atomic mass is 16.2. The number of carbonyl (C=O) groups is 1. The number of amides is 1. The molecular formula is C4H9N3O. The summed E-state index contributed by atoms with van der Waals surface area (Å²) in [6, 6.07) is 0. The van der Waals surface area contributed by atoms with Gasteiger partial charge in [0.1, 0.15) is 0 Å². The number of hydrogen-bond acceptors (Lipinski definition) is 3. The number of carbonyl (C=O) groups excluding carboxylic acids is 1. The van der Waals surface area contributed by atoms with E-state index in [0.717, 1.165) is 6.54 Å². The third-order valence-electron chi connectivity index (χ3n) is 0.952. The summed E-state index contributed by atoms with van der Waals surface area (Å²) in [4.78, 5) is 10.2. The topological polar surface area (TPSA) is 58.1 Å². The molecular weight excluding hydrogens is 106 g/mol. The average molecular weight is 115 g/mol. The fourth-order valence-electron chi connectivity index (χ4n) is 0.485. The van der Waals surface area contributed by atoms with Gasteiger partial charge in [-0.25, -0.2) is 5.01 Å². The van der Waals surface area contributed by atoms with Crippen molar-refractivity contribution in [2.24, 2.45) is 5.73 Å². The van der Waals surface area contributed by atoms with E-state index in [1.54, 1.807) is 5.01 Å². The maximum atomic E-state index is 10.2. The van der Waals surface area contributed by atoms with E-state index in [9.17, 15) is 4.79 Å². The van der Waals surface area contributed by atoms with Crippen LogP contribution in [0.1, 0.15) is 6.92 Å². The van der Waals surface area contributed by atoms with Gasteiger partial charge in [-0.3, -0.25) is 10.2 Å². The summed E-state index contributed by atoms with van der Waals surface area (Å²) >= 11 is 0. The van der Waals surface area contributed by atoms with E-state index in [4.69, 9.17) is 5.73 Å². The van der Waals surface area contributed by atoms with Crippen LogP contribution in [0.5, 0.6) is 0 Å². The van der Waals surface area contributed by atoms with Crippen molar-refractivity contribution in [2.75, 3.05) is 6.54 Å². The standard InChI is InChI=1S/C4H9N3O/c1-3(8)6-7-2-4(7)5/h4H,2,5H2,1H3,(H,6,8). The minimum atomic E-state index is -0.0575. The molecule has 0 bridgehead atoms. The van der Waals surface area contributed by atoms with Crippen molar-refractivity contribution in [2.45, 2.75) is 13.1 Å². The molecule has 4 heteroatoms. The second-order valence-electron chi connectivity index (χ2n) is 1.89. The highest BCUT2D eigenvalue weighted by Crippen LogP contribution is 2.04. The molecule has 0 aliphatic carbocycles. The van der Waals surface area contributed by atoms with E-state index < -0.39 is 0 Å². The van der Waals surface area contributed by atoms with Crippen LogP contribution < -0.4 is 11.2 Å². The van der Waals surface area contributed by atoms with Crippen LogP contribution in [0.4, 0.5) is 0 Å². The molecule has 1 amide bonds. The highest BCUT2D eigenvalue weighted by molar-refractivity contribution is 5.72. The molecule has 1 rings (SSSR count). The van der Waals surface area contributed by atoms with Crippen LogP contribution in [0.3, 0.4) is 0 Å². The lowest BCUT2D eigenvalue weighted by Crippen LogP contribution is -2.29. The van der Waals surface area contributed by atoms with Gasteiger partial charge in [0.05, 0.1) is 12.7 Å². The minimum absolute atomic E-state index is 0.0545. The molecule has 0 radical (unpaired) electrons. The predicted molar refractivity (Wildman–Crippen MR) is 28.5 cm³/mol. The van der Waals surface area contributed by atoms with Crippen molar-refractivity contribution in [3.05, 3.63) is 0 Å². The van der Waals surface area contributed by atoms with E-state index in [1.165, 1.54) is 6.92 Å². The summed E-state index contributed by atoms with van der Waals surface area (Å²) in [5, 5.41) is 1.67. The highest BCUT2D eigenvalue weighted by Gasteiger charge is 2.30. The van der Waals surface area contributed by atoms with E-state index >= 15 is 0 Å². The van der Waals surface area contributed by atoms with Crippen molar-refractivity contribution in [3.8, 4) is 0 Å². The predicted octanol–water partition coefficient (Wildman–Crippen LogP) is -1.36. The van der Waals surface area contributed by atoms with E-state index in [2.05, 4.69) is 5.43 Å². The van der Waals surface area contributed by atoms with Crippen molar-refractivity contribution < 1.29 is 4.79 Å². The summed E-state index contributed by atoms with van der Waals surface area (Å²) in [5.41, 5.74) is 7.86. The number of rotatable bonds is 1. The molecule has 2 unspecified atom stereocenters. The number of hydrogen-bond donors (Lipinski definition) is 2. The molecule has 8 heavy (non-hydrogen) atoms. The molecule has 1 saturated heterocycles. The smallest absolute Gasteiger partial charge is 0.231 e. The molecule has 46 valence electrons. The second-order valence-corrected chi connectivity index (χ2v) is 1.89. The largest absolute Gasteiger partial charge is 0.313 e. The van der Waals surface area contributed by atoms with E-state index in [1.807, 2.05) is 0 Å². The number of nitrogens with one attached hydrogen (secondary N) is 1. The first kappa shape index (κ1) is 5.53. The van der Waals surface area contributed by atoms with E-state index in [0.29, 0.717) is 0 Å². The number of nitrogens with two attached hydrogens (primary N) is 1. The fourth-order valence-corrected chi connectivity index (χ4v) is 0.485. The van der Waals surface area contributed by atoms with Gasteiger partial charge < -0.3 is 5.73 Å². The Morgan fingerprint density at radius 1 is 2.00 bits per heavy atom. The third-order valence-corrected chi connectivity index (χ3v) is 0.952. The monoisotopic (exact) mass is 115 g/mol. The molecule has 4 nitrogen and oxygen atoms in total. The maximum absolute atomic E-state index is 10.2. The second kappa shape index (κ2) is 1.72. The molecule has 0 spiro atoms. The number of nitrogens with zero attached hydrogens (tertiary/aromatic N) is 1. The minimum Gasteiger partial charge on any atom is -0.313 e. The first-order valence-corrected chi connectivity index (χ1v) is 2.49. The van der Waals surface area contributed by atoms with Crippen LogP contribution in [0.25, 0.3) is 0 Å². The molecule has 0 aromatic rings. The summed E-state index contributed by atoms with van der Waals surface area (Å²) < 4.78 is 0. The molecule has 1 aliphatic heterocycles. The normalized spacial score (nSPS) is 34.2. The van der Waals surface area contributed by atoms with Gasteiger partial charge in [0.2, 0.25) is 5.91 Å². The first-order chi connectivity index (χ1) is 3.70. The summed E-state index contributed by atoms with van der Waals surface area (Å²) in [5.74, 6) is -0.0575. The molecule has 0 aromatic heterocycles. The van der Waals surface area contributed by atoms with Gasteiger partial charge in [-0.2, -0.15) is 0 Å². The Labute approximate surface area is 47.6 Å². The van der Waals surface area contributed by atoms with Crippen LogP contribution in [0.15, 0.2) is 0 Å². The molecule has 1 fully saturated rings. The van der Waals surface area contributed by atoms with Crippen molar-refractivity contribution in [1.29, 1.82) is 0 Å². The van der Waals surface area contributed by atoms with Gasteiger partial charge in [-0.15, -0.1) is 0 Å². The van der Waals surface area contributed by atoms with Gasteiger partial charge >= 0.3 is 0 Å². The molecule has 2 atom stereocenters. The number of hydrazine groups is 1. The Kier molecular flexibility index (Phi) is 1.19. The lowest BCUT2D eigenvalue weighted by molar-refractivity contribution is -0.121. The van der Waals surface area contributed by atoms with E-state index in [-0.39, 0.29) is 12.1 Å². The van der Waals surface area contributed by atoms with Crippen LogP contribution in [0, 0.1) is 0 Å². The maximum Gasteiger partial charge on any atom is 0.231 e. The van der Waals surface area contributed by atoms with Crippen LogP contribution in [0.2, 0.25) is 0 Å². The van der Waals surface area contributed by atoms with Gasteiger partial charge in [0, 0.05) is 6.92 Å². The van der Waals surface area contributed by atoms with Crippen LogP contribution in [-0.2, 0) is 4.79 Å². The first-order valence-electron chi connectivity index (χ1n) is 2.49. The van der Waals surface area contributed by atoms with Crippen molar-refractivity contribution in [1.82, 2.24) is 10.4 Å². The Morgan fingerprint density at radius 2 is 2.50 bits per heavy atom. The third kappa shape index (κ3) is 1.18. The lowest BCUT2D eigenvalue weighted by atomic mass is 10.8. The van der Waals surface area contributed by atoms with Crippen LogP contribution >= 0.6 is 0 Å². The Bertz CT molecular complexity index is 114. The molecule has 0 saturated carbocycles. The van der Waals surface area contributed by atoms with Gasteiger partial charge in [0.15, 0.2) is 0 Å². The fraction of sp³-hybridized carbons (Fsp3) is 0.750. The Morgan fingerprint density at radius 3 is 2.62 bits per heavy atom. The summed E-state index contributed by atoms with van der Waals surface area (Å²) in [7, 11) is 0. The zero-order chi connectivity index (χ0) is 6.15. The zero-order valence-corrected chi connectivity index (χ0v) is 4.72. The molecule has 3 N–H and O–H groups in total. The summed E-state index contributed by atoms with van der Waals surface area (Å²) in [6.45, 7) is 2.24. The van der Waals surface area contributed by atoms with Crippen LogP contribution in [-0.4, -0.2) is 23.6 Å². The quantitative estimate of drug-likeness (QED) is 0.415. The Hall–Kier alpha value is -0.610. The SMILES string of the molecule is CC(=O)NN1CC1N. The van der Waals surface area contributed by atoms with Crippen molar-refractivity contribution >= 4 is 5.91 Å². The molecule has 1 heterocycles. The summed E-state index contributed by atoms with van der Waals surface area (Å²) in [6.07, 6.45) is 0.0545.